The van der Waals surface area contributed by atoms with Crippen molar-refractivity contribution in [3.8, 4) is 23.0 Å². The first-order valence-electron chi connectivity index (χ1n) is 14.0. The summed E-state index contributed by atoms with van der Waals surface area (Å²) in [5.41, 5.74) is 0.712. The Morgan fingerprint density at radius 3 is 1.38 bits per heavy atom. The van der Waals surface area contributed by atoms with Crippen LogP contribution in [0, 0.1) is 0 Å². The number of hydrogen-bond acceptors (Lipinski definition) is 12. The minimum atomic E-state index is -1.26. The van der Waals surface area contributed by atoms with Crippen molar-refractivity contribution in [1.29, 1.82) is 0 Å². The molecule has 0 heterocycles. The monoisotopic (exact) mass is 592 g/mol. The second kappa shape index (κ2) is 18.1. The summed E-state index contributed by atoms with van der Waals surface area (Å²) in [6.45, 7) is 5.35. The zero-order valence-electron chi connectivity index (χ0n) is 24.7. The molecule has 0 aliphatic rings. The number of phenolic OH excluding ortho intramolecular Hbond substituents is 4. The van der Waals surface area contributed by atoms with Crippen molar-refractivity contribution in [2.45, 2.75) is 63.8 Å². The van der Waals surface area contributed by atoms with E-state index in [9.17, 15) is 30.0 Å². The van der Waals surface area contributed by atoms with Gasteiger partial charge in [-0.1, -0.05) is 12.1 Å². The predicted octanol–water partition coefficient (Wildman–Crippen LogP) is 3.19. The average Bonchev–Trinajstić information content (AvgIpc) is 2.96. The van der Waals surface area contributed by atoms with Gasteiger partial charge in [0.25, 0.3) is 0 Å². The van der Waals surface area contributed by atoms with E-state index in [-0.39, 0.29) is 36.7 Å². The Bertz CT molecular complexity index is 1040. The van der Waals surface area contributed by atoms with E-state index in [4.69, 9.17) is 18.9 Å². The van der Waals surface area contributed by atoms with Gasteiger partial charge in [-0.25, -0.2) is 9.59 Å². The first kappa shape index (κ1) is 34.6. The molecule has 2 rings (SSSR count). The lowest BCUT2D eigenvalue weighted by atomic mass is 10.1. The number of hydrogen-bond donors (Lipinski definition) is 6. The molecule has 0 fully saturated rings. The molecule has 0 saturated heterocycles. The van der Waals surface area contributed by atoms with Crippen LogP contribution in [0.2, 0.25) is 0 Å². The topological polar surface area (TPSA) is 176 Å². The Morgan fingerprint density at radius 1 is 0.667 bits per heavy atom. The van der Waals surface area contributed by atoms with Crippen LogP contribution in [-0.2, 0) is 28.5 Å². The molecule has 4 atom stereocenters. The number of aromatic hydroxyl groups is 4. The lowest BCUT2D eigenvalue weighted by Crippen LogP contribution is -2.35. The lowest BCUT2D eigenvalue weighted by Gasteiger charge is -2.24. The highest BCUT2D eigenvalue weighted by Crippen LogP contribution is 2.31. The standard InChI is InChI=1S/C30H44N2O10/c1-19(7-5-13-39-3)31-17-27(21-9-11-23(33)25(35)15-21)41-29(37)30(38)42-28(18-32-20(2)8-6-14-40-4)22-10-12-24(34)26(36)16-22/h9-12,15-16,19-20,27-28,31-36H,5-8,13-14,17-18H2,1-4H3/t19?,20?,27-,28-/m0/s1. The number of esters is 2. The maximum absolute atomic E-state index is 13.0. The highest BCUT2D eigenvalue weighted by Gasteiger charge is 2.28. The molecule has 2 aromatic rings. The maximum atomic E-state index is 13.0. The van der Waals surface area contributed by atoms with Crippen LogP contribution in [0.25, 0.3) is 0 Å². The van der Waals surface area contributed by atoms with Gasteiger partial charge in [-0.15, -0.1) is 0 Å². The van der Waals surface area contributed by atoms with E-state index >= 15 is 0 Å². The van der Waals surface area contributed by atoms with Crippen LogP contribution in [0.1, 0.15) is 62.9 Å². The summed E-state index contributed by atoms with van der Waals surface area (Å²) in [4.78, 5) is 25.9. The molecule has 12 nitrogen and oxygen atoms in total. The van der Waals surface area contributed by atoms with Gasteiger partial charge in [0, 0.05) is 52.6 Å². The van der Waals surface area contributed by atoms with E-state index in [1.165, 1.54) is 36.4 Å². The summed E-state index contributed by atoms with van der Waals surface area (Å²) in [5.74, 6) is -4.00. The second-order valence-corrected chi connectivity index (χ2v) is 10.2. The summed E-state index contributed by atoms with van der Waals surface area (Å²) < 4.78 is 21.2. The third-order valence-corrected chi connectivity index (χ3v) is 6.68. The fraction of sp³-hybridized carbons (Fsp3) is 0.533. The van der Waals surface area contributed by atoms with Crippen molar-refractivity contribution < 1.29 is 49.0 Å². The molecular formula is C30H44N2O10. The smallest absolute Gasteiger partial charge is 0.418 e. The van der Waals surface area contributed by atoms with Crippen molar-refractivity contribution >= 4 is 11.9 Å². The maximum Gasteiger partial charge on any atom is 0.418 e. The van der Waals surface area contributed by atoms with Gasteiger partial charge < -0.3 is 50.0 Å². The number of carbonyl (C=O) groups excluding carboxylic acids is 2. The van der Waals surface area contributed by atoms with Crippen LogP contribution < -0.4 is 10.6 Å². The summed E-state index contributed by atoms with van der Waals surface area (Å²) in [6.07, 6.45) is 1.22. The molecule has 0 spiro atoms. The Morgan fingerprint density at radius 2 is 1.05 bits per heavy atom. The van der Waals surface area contributed by atoms with Crippen molar-refractivity contribution in [2.75, 3.05) is 40.5 Å². The molecular weight excluding hydrogens is 548 g/mol. The van der Waals surface area contributed by atoms with Crippen molar-refractivity contribution in [3.05, 3.63) is 47.5 Å². The molecule has 6 N–H and O–H groups in total. The van der Waals surface area contributed by atoms with E-state index < -0.39 is 35.6 Å². The minimum absolute atomic E-state index is 0.0301. The molecule has 234 valence electrons. The average molecular weight is 593 g/mol. The number of nitrogens with one attached hydrogen (secondary N) is 2. The van der Waals surface area contributed by atoms with Crippen LogP contribution in [0.5, 0.6) is 23.0 Å². The molecule has 42 heavy (non-hydrogen) atoms. The van der Waals surface area contributed by atoms with Crippen molar-refractivity contribution in [1.82, 2.24) is 10.6 Å². The number of phenols is 4. The molecule has 12 heteroatoms. The van der Waals surface area contributed by atoms with E-state index in [0.717, 1.165) is 25.7 Å². The third kappa shape index (κ3) is 11.7. The van der Waals surface area contributed by atoms with Crippen LogP contribution >= 0.6 is 0 Å². The zero-order valence-corrected chi connectivity index (χ0v) is 24.7. The summed E-state index contributed by atoms with van der Waals surface area (Å²) in [5, 5.41) is 46.0. The third-order valence-electron chi connectivity index (χ3n) is 6.68. The number of benzene rings is 2. The highest BCUT2D eigenvalue weighted by atomic mass is 16.6. The van der Waals surface area contributed by atoms with Crippen LogP contribution in [0.15, 0.2) is 36.4 Å². The van der Waals surface area contributed by atoms with Gasteiger partial charge in [0.1, 0.15) is 12.2 Å². The summed E-state index contributed by atoms with van der Waals surface area (Å²) in [7, 11) is 3.25. The zero-order chi connectivity index (χ0) is 31.1. The van der Waals surface area contributed by atoms with E-state index in [2.05, 4.69) is 10.6 Å². The second-order valence-electron chi connectivity index (χ2n) is 10.2. The Kier molecular flexibility index (Phi) is 14.9. The van der Waals surface area contributed by atoms with E-state index in [0.29, 0.717) is 24.3 Å². The number of methoxy groups -OCH3 is 2. The number of ether oxygens (including phenoxy) is 4. The molecule has 0 amide bonds. The molecule has 0 bridgehead atoms. The first-order valence-corrected chi connectivity index (χ1v) is 14.0. The van der Waals surface area contributed by atoms with Gasteiger partial charge in [-0.2, -0.15) is 0 Å². The number of carbonyl (C=O) groups is 2. The SMILES string of the molecule is COCCCC(C)NC[C@H](OC(=O)C(=O)O[C@@H](CNC(C)CCCOC)c1ccc(O)c(O)c1)c1ccc(O)c(O)c1. The number of rotatable bonds is 18. The van der Waals surface area contributed by atoms with Gasteiger partial charge in [0.05, 0.1) is 0 Å². The summed E-state index contributed by atoms with van der Waals surface area (Å²) in [6, 6.07) is 8.06. The van der Waals surface area contributed by atoms with Gasteiger partial charge in [-0.05, 0) is 74.9 Å². The van der Waals surface area contributed by atoms with E-state index in [1.807, 2.05) is 13.8 Å². The van der Waals surface area contributed by atoms with Crippen LogP contribution in [0.3, 0.4) is 0 Å². The molecule has 0 radical (unpaired) electrons. The van der Waals surface area contributed by atoms with Crippen LogP contribution in [0.4, 0.5) is 0 Å². The predicted molar refractivity (Wildman–Crippen MR) is 154 cm³/mol. The molecule has 0 aromatic heterocycles. The quantitative estimate of drug-likeness (QED) is 0.0646. The fourth-order valence-corrected chi connectivity index (χ4v) is 4.18. The van der Waals surface area contributed by atoms with Gasteiger partial charge in [-0.3, -0.25) is 0 Å². The molecule has 0 aliphatic carbocycles. The molecule has 2 unspecified atom stereocenters. The molecule has 2 aromatic carbocycles. The minimum Gasteiger partial charge on any atom is -0.504 e. The van der Waals surface area contributed by atoms with Crippen LogP contribution in [-0.4, -0.2) is 85.0 Å². The Balaban J connectivity index is 2.16. The van der Waals surface area contributed by atoms with Gasteiger partial charge in [0.2, 0.25) is 0 Å². The van der Waals surface area contributed by atoms with E-state index in [1.54, 1.807) is 14.2 Å². The largest absolute Gasteiger partial charge is 0.504 e. The fourth-order valence-electron chi connectivity index (χ4n) is 4.18. The van der Waals surface area contributed by atoms with Gasteiger partial charge in [0.15, 0.2) is 23.0 Å². The van der Waals surface area contributed by atoms with Crippen molar-refractivity contribution in [2.24, 2.45) is 0 Å². The molecule has 0 aliphatic heterocycles. The first-order chi connectivity index (χ1) is 20.0. The normalized spacial score (nSPS) is 14.1. The lowest BCUT2D eigenvalue weighted by molar-refractivity contribution is -0.174. The Hall–Kier alpha value is -3.58. The summed E-state index contributed by atoms with van der Waals surface area (Å²) >= 11 is 0. The Labute approximate surface area is 246 Å². The van der Waals surface area contributed by atoms with Crippen molar-refractivity contribution in [3.63, 3.8) is 0 Å². The molecule has 0 saturated carbocycles. The highest BCUT2D eigenvalue weighted by molar-refractivity contribution is 6.29. The van der Waals surface area contributed by atoms with Gasteiger partial charge >= 0.3 is 11.9 Å².